The highest BCUT2D eigenvalue weighted by Crippen LogP contribution is 2.31. The molecule has 0 aliphatic carbocycles. The van der Waals surface area contributed by atoms with E-state index in [0.29, 0.717) is 6.42 Å². The summed E-state index contributed by atoms with van der Waals surface area (Å²) in [6, 6.07) is 10.1. The van der Waals surface area contributed by atoms with Gasteiger partial charge in [-0.25, -0.2) is 0 Å². The van der Waals surface area contributed by atoms with Gasteiger partial charge in [-0.3, -0.25) is 4.98 Å². The second-order valence-electron chi connectivity index (χ2n) is 6.07. The van der Waals surface area contributed by atoms with E-state index in [4.69, 9.17) is 0 Å². The molecule has 1 heterocycles. The molecule has 0 aliphatic heterocycles. The van der Waals surface area contributed by atoms with E-state index in [9.17, 15) is 5.11 Å². The normalized spacial score (nSPS) is 13.2. The van der Waals surface area contributed by atoms with Crippen LogP contribution < -0.4 is 0 Å². The molecule has 1 N–H and O–H groups in total. The molecule has 2 rings (SSSR count). The highest BCUT2D eigenvalue weighted by atomic mass is 79.9. The summed E-state index contributed by atoms with van der Waals surface area (Å²) in [5, 5.41) is 10.6. The number of benzene rings is 1. The molecular formula is C17H20BrNO. The summed E-state index contributed by atoms with van der Waals surface area (Å²) >= 11 is 3.41. The Hall–Kier alpha value is -1.19. The topological polar surface area (TPSA) is 33.1 Å². The largest absolute Gasteiger partial charge is 0.388 e. The van der Waals surface area contributed by atoms with Crippen molar-refractivity contribution in [3.8, 4) is 0 Å². The second kappa shape index (κ2) is 6.06. The minimum atomic E-state index is -0.512. The van der Waals surface area contributed by atoms with Crippen LogP contribution in [0.1, 0.15) is 43.6 Å². The van der Waals surface area contributed by atoms with E-state index in [-0.39, 0.29) is 5.41 Å². The summed E-state index contributed by atoms with van der Waals surface area (Å²) < 4.78 is 0.936. The number of hydrogen-bond donors (Lipinski definition) is 1. The molecule has 106 valence electrons. The molecule has 0 bridgehead atoms. The molecule has 0 radical (unpaired) electrons. The van der Waals surface area contributed by atoms with Crippen molar-refractivity contribution in [3.63, 3.8) is 0 Å². The van der Waals surface area contributed by atoms with E-state index < -0.39 is 6.10 Å². The Kier molecular flexibility index (Phi) is 4.61. The first-order chi connectivity index (χ1) is 9.38. The molecule has 0 aliphatic rings. The van der Waals surface area contributed by atoms with Gasteiger partial charge in [-0.2, -0.15) is 0 Å². The molecule has 0 saturated carbocycles. The molecule has 0 amide bonds. The third kappa shape index (κ3) is 3.68. The van der Waals surface area contributed by atoms with Gasteiger partial charge >= 0.3 is 0 Å². The van der Waals surface area contributed by atoms with Crippen LogP contribution in [0, 0.1) is 0 Å². The first-order valence-corrected chi connectivity index (χ1v) is 7.54. The average molecular weight is 334 g/mol. The zero-order valence-corrected chi connectivity index (χ0v) is 13.7. The Morgan fingerprint density at radius 3 is 2.55 bits per heavy atom. The number of halogens is 1. The Balaban J connectivity index is 2.28. The quantitative estimate of drug-likeness (QED) is 0.901. The Morgan fingerprint density at radius 1 is 1.20 bits per heavy atom. The van der Waals surface area contributed by atoms with Crippen LogP contribution in [0.3, 0.4) is 0 Å². The average Bonchev–Trinajstić information content (AvgIpc) is 2.37. The zero-order valence-electron chi connectivity index (χ0n) is 12.1. The first kappa shape index (κ1) is 15.2. The van der Waals surface area contributed by atoms with Gasteiger partial charge in [0.05, 0.1) is 6.10 Å². The Morgan fingerprint density at radius 2 is 1.90 bits per heavy atom. The highest BCUT2D eigenvalue weighted by molar-refractivity contribution is 9.10. The molecule has 2 nitrogen and oxygen atoms in total. The maximum Gasteiger partial charge on any atom is 0.0833 e. The molecule has 1 aromatic carbocycles. The molecule has 0 fully saturated rings. The van der Waals surface area contributed by atoms with Gasteiger partial charge in [0.15, 0.2) is 0 Å². The van der Waals surface area contributed by atoms with Gasteiger partial charge in [0, 0.05) is 23.3 Å². The monoisotopic (exact) mass is 333 g/mol. The zero-order chi connectivity index (χ0) is 14.8. The van der Waals surface area contributed by atoms with E-state index >= 15 is 0 Å². The van der Waals surface area contributed by atoms with Crippen LogP contribution in [0.15, 0.2) is 47.2 Å². The van der Waals surface area contributed by atoms with Gasteiger partial charge < -0.3 is 5.11 Å². The predicted molar refractivity (Wildman–Crippen MR) is 85.7 cm³/mol. The molecule has 1 unspecified atom stereocenters. The van der Waals surface area contributed by atoms with Gasteiger partial charge in [0.2, 0.25) is 0 Å². The van der Waals surface area contributed by atoms with Crippen LogP contribution in [0.2, 0.25) is 0 Å². The van der Waals surface area contributed by atoms with Crippen LogP contribution in [-0.4, -0.2) is 10.1 Å². The van der Waals surface area contributed by atoms with Crippen LogP contribution in [0.5, 0.6) is 0 Å². The standard InChI is InChI=1S/C17H20BrNO/c1-17(2,3)15-7-5-4-6-14(15)16(20)9-12-8-13(18)11-19-10-12/h4-8,10-11,16,20H,9H2,1-3H3. The number of pyridine rings is 1. The van der Waals surface area contributed by atoms with Crippen molar-refractivity contribution >= 4 is 15.9 Å². The summed E-state index contributed by atoms with van der Waals surface area (Å²) in [4.78, 5) is 4.14. The summed E-state index contributed by atoms with van der Waals surface area (Å²) in [5.74, 6) is 0. The van der Waals surface area contributed by atoms with Crippen molar-refractivity contribution in [2.45, 2.75) is 38.7 Å². The lowest BCUT2D eigenvalue weighted by molar-refractivity contribution is 0.176. The van der Waals surface area contributed by atoms with E-state index in [2.05, 4.69) is 47.8 Å². The van der Waals surface area contributed by atoms with E-state index in [0.717, 1.165) is 15.6 Å². The number of aliphatic hydroxyl groups is 1. The lowest BCUT2D eigenvalue weighted by Gasteiger charge is -2.25. The van der Waals surface area contributed by atoms with Gasteiger partial charge in [0.1, 0.15) is 0 Å². The molecular weight excluding hydrogens is 314 g/mol. The van der Waals surface area contributed by atoms with Crippen molar-refractivity contribution in [1.82, 2.24) is 4.98 Å². The van der Waals surface area contributed by atoms with Crippen LogP contribution >= 0.6 is 15.9 Å². The van der Waals surface area contributed by atoms with E-state index in [1.165, 1.54) is 5.56 Å². The number of aromatic nitrogens is 1. The van der Waals surface area contributed by atoms with Gasteiger partial charge in [0.25, 0.3) is 0 Å². The maximum atomic E-state index is 10.6. The number of aliphatic hydroxyl groups excluding tert-OH is 1. The fraction of sp³-hybridized carbons (Fsp3) is 0.353. The van der Waals surface area contributed by atoms with Crippen molar-refractivity contribution in [2.24, 2.45) is 0 Å². The van der Waals surface area contributed by atoms with Gasteiger partial charge in [-0.05, 0) is 44.1 Å². The minimum Gasteiger partial charge on any atom is -0.388 e. The molecule has 0 spiro atoms. The SMILES string of the molecule is CC(C)(C)c1ccccc1C(O)Cc1cncc(Br)c1. The Labute approximate surface area is 129 Å². The van der Waals surface area contributed by atoms with Gasteiger partial charge in [-0.1, -0.05) is 45.0 Å². The second-order valence-corrected chi connectivity index (χ2v) is 6.98. The summed E-state index contributed by atoms with van der Waals surface area (Å²) in [5.41, 5.74) is 3.23. The van der Waals surface area contributed by atoms with Crippen LogP contribution in [0.4, 0.5) is 0 Å². The molecule has 0 saturated heterocycles. The van der Waals surface area contributed by atoms with E-state index in [1.54, 1.807) is 12.4 Å². The lowest BCUT2D eigenvalue weighted by Crippen LogP contribution is -2.17. The van der Waals surface area contributed by atoms with Crippen molar-refractivity contribution in [2.75, 3.05) is 0 Å². The van der Waals surface area contributed by atoms with Crippen LogP contribution in [0.25, 0.3) is 0 Å². The van der Waals surface area contributed by atoms with Crippen molar-refractivity contribution < 1.29 is 5.11 Å². The van der Waals surface area contributed by atoms with Crippen LogP contribution in [-0.2, 0) is 11.8 Å². The smallest absolute Gasteiger partial charge is 0.0833 e. The predicted octanol–water partition coefficient (Wildman–Crippen LogP) is 4.42. The third-order valence-electron chi connectivity index (χ3n) is 3.32. The summed E-state index contributed by atoms with van der Waals surface area (Å²) in [7, 11) is 0. The summed E-state index contributed by atoms with van der Waals surface area (Å²) in [6.45, 7) is 6.50. The fourth-order valence-corrected chi connectivity index (χ4v) is 2.78. The molecule has 3 heteroatoms. The Bertz CT molecular complexity index is 590. The fourth-order valence-electron chi connectivity index (χ4n) is 2.37. The van der Waals surface area contributed by atoms with Crippen molar-refractivity contribution in [3.05, 3.63) is 63.9 Å². The maximum absolute atomic E-state index is 10.6. The number of hydrogen-bond acceptors (Lipinski definition) is 2. The number of nitrogens with zero attached hydrogens (tertiary/aromatic N) is 1. The number of rotatable bonds is 3. The van der Waals surface area contributed by atoms with Crippen molar-refractivity contribution in [1.29, 1.82) is 0 Å². The molecule has 20 heavy (non-hydrogen) atoms. The molecule has 2 aromatic rings. The minimum absolute atomic E-state index is 0.0209. The van der Waals surface area contributed by atoms with E-state index in [1.807, 2.05) is 24.3 Å². The summed E-state index contributed by atoms with van der Waals surface area (Å²) in [6.07, 6.45) is 3.60. The van der Waals surface area contributed by atoms with Gasteiger partial charge in [-0.15, -0.1) is 0 Å². The lowest BCUT2D eigenvalue weighted by atomic mass is 9.81. The molecule has 1 aromatic heterocycles. The molecule has 1 atom stereocenters. The first-order valence-electron chi connectivity index (χ1n) is 6.75. The third-order valence-corrected chi connectivity index (χ3v) is 3.75. The highest BCUT2D eigenvalue weighted by Gasteiger charge is 2.21.